The highest BCUT2D eigenvalue weighted by Crippen LogP contribution is 2.08. The first-order valence-corrected chi connectivity index (χ1v) is 6.87. The number of hydrogen-bond acceptors (Lipinski definition) is 5. The molecule has 0 amide bonds. The molecule has 2 aromatic rings. The van der Waals surface area contributed by atoms with Gasteiger partial charge in [-0.2, -0.15) is 5.10 Å². The van der Waals surface area contributed by atoms with E-state index in [-0.39, 0.29) is 17.3 Å². The fraction of sp³-hybridized carbons (Fsp3) is 0.462. The Labute approximate surface area is 120 Å². The standard InChI is InChI=1S/C13H17N5O3/c19-12-10(11-15-13(20)17-16-11)2-1-4-18(12)7-9-6-14-3-5-21-8-9/h1-2,4,9,14H,3,5-8H2,(H2,15,16,17,20). The minimum atomic E-state index is -0.429. The van der Waals surface area contributed by atoms with E-state index in [2.05, 4.69) is 20.5 Å². The van der Waals surface area contributed by atoms with Crippen LogP contribution in [0.1, 0.15) is 0 Å². The lowest BCUT2D eigenvalue weighted by Crippen LogP contribution is -2.31. The van der Waals surface area contributed by atoms with E-state index in [0.717, 1.165) is 13.1 Å². The Bertz CT molecular complexity index is 709. The highest BCUT2D eigenvalue weighted by atomic mass is 16.5. The first kappa shape index (κ1) is 13.8. The van der Waals surface area contributed by atoms with E-state index in [1.54, 1.807) is 22.9 Å². The van der Waals surface area contributed by atoms with Gasteiger partial charge in [-0.15, -0.1) is 0 Å². The lowest BCUT2D eigenvalue weighted by atomic mass is 10.1. The lowest BCUT2D eigenvalue weighted by molar-refractivity contribution is 0.117. The summed E-state index contributed by atoms with van der Waals surface area (Å²) in [6.45, 7) is 3.53. The van der Waals surface area contributed by atoms with Gasteiger partial charge in [0, 0.05) is 31.7 Å². The number of pyridine rings is 1. The van der Waals surface area contributed by atoms with Crippen LogP contribution >= 0.6 is 0 Å². The van der Waals surface area contributed by atoms with Gasteiger partial charge in [-0.1, -0.05) is 0 Å². The molecule has 0 aliphatic carbocycles. The van der Waals surface area contributed by atoms with Crippen molar-refractivity contribution >= 4 is 0 Å². The number of rotatable bonds is 3. The summed E-state index contributed by atoms with van der Waals surface area (Å²) in [5.74, 6) is 0.494. The van der Waals surface area contributed by atoms with Crippen molar-refractivity contribution in [2.75, 3.05) is 26.3 Å². The maximum atomic E-state index is 12.5. The quantitative estimate of drug-likeness (QED) is 0.684. The minimum Gasteiger partial charge on any atom is -0.380 e. The molecule has 21 heavy (non-hydrogen) atoms. The second-order valence-electron chi connectivity index (χ2n) is 5.05. The topological polar surface area (TPSA) is 105 Å². The summed E-state index contributed by atoms with van der Waals surface area (Å²) in [6.07, 6.45) is 1.74. The van der Waals surface area contributed by atoms with Crippen molar-refractivity contribution in [1.82, 2.24) is 25.1 Å². The third kappa shape index (κ3) is 3.11. The Morgan fingerprint density at radius 2 is 2.33 bits per heavy atom. The van der Waals surface area contributed by atoms with Gasteiger partial charge in [0.15, 0.2) is 5.82 Å². The fourth-order valence-corrected chi connectivity index (χ4v) is 2.41. The number of nitrogens with zero attached hydrogens (tertiary/aromatic N) is 2. The van der Waals surface area contributed by atoms with Crippen LogP contribution < -0.4 is 16.6 Å². The Morgan fingerprint density at radius 3 is 3.14 bits per heavy atom. The summed E-state index contributed by atoms with van der Waals surface area (Å²) in [7, 11) is 0. The molecule has 1 aliphatic heterocycles. The van der Waals surface area contributed by atoms with Crippen molar-refractivity contribution in [1.29, 1.82) is 0 Å². The molecule has 0 spiro atoms. The molecule has 1 atom stereocenters. The molecule has 1 unspecified atom stereocenters. The van der Waals surface area contributed by atoms with Crippen molar-refractivity contribution in [3.05, 3.63) is 39.2 Å². The van der Waals surface area contributed by atoms with Gasteiger partial charge in [0.1, 0.15) is 0 Å². The van der Waals surface area contributed by atoms with Crippen LogP contribution in [0.15, 0.2) is 27.9 Å². The summed E-state index contributed by atoms with van der Waals surface area (Å²) < 4.78 is 7.12. The first-order valence-electron chi connectivity index (χ1n) is 6.87. The van der Waals surface area contributed by atoms with Crippen LogP contribution in [0.2, 0.25) is 0 Å². The van der Waals surface area contributed by atoms with E-state index < -0.39 is 5.69 Å². The Kier molecular flexibility index (Phi) is 3.98. The molecule has 1 saturated heterocycles. The van der Waals surface area contributed by atoms with Crippen LogP contribution in [0, 0.1) is 5.92 Å². The number of aromatic amines is 2. The van der Waals surface area contributed by atoms with Gasteiger partial charge >= 0.3 is 5.69 Å². The van der Waals surface area contributed by atoms with E-state index in [0.29, 0.717) is 25.3 Å². The van der Waals surface area contributed by atoms with Gasteiger partial charge in [0.05, 0.1) is 18.8 Å². The molecule has 0 aromatic carbocycles. The Morgan fingerprint density at radius 1 is 1.43 bits per heavy atom. The van der Waals surface area contributed by atoms with Crippen molar-refractivity contribution in [2.24, 2.45) is 5.92 Å². The van der Waals surface area contributed by atoms with Crippen LogP contribution in [0.3, 0.4) is 0 Å². The average molecular weight is 291 g/mol. The average Bonchev–Trinajstić information content (AvgIpc) is 2.74. The van der Waals surface area contributed by atoms with Gasteiger partial charge in [-0.3, -0.25) is 9.78 Å². The zero-order valence-electron chi connectivity index (χ0n) is 11.5. The zero-order valence-corrected chi connectivity index (χ0v) is 11.5. The van der Waals surface area contributed by atoms with Crippen LogP contribution in [-0.4, -0.2) is 46.1 Å². The van der Waals surface area contributed by atoms with E-state index in [4.69, 9.17) is 4.74 Å². The van der Waals surface area contributed by atoms with Crippen molar-refractivity contribution in [3.63, 3.8) is 0 Å². The second kappa shape index (κ2) is 6.06. The zero-order chi connectivity index (χ0) is 14.7. The van der Waals surface area contributed by atoms with Gasteiger partial charge < -0.3 is 14.6 Å². The first-order chi connectivity index (χ1) is 10.2. The van der Waals surface area contributed by atoms with Crippen LogP contribution in [0.5, 0.6) is 0 Å². The largest absolute Gasteiger partial charge is 0.380 e. The molecule has 0 bridgehead atoms. The van der Waals surface area contributed by atoms with Gasteiger partial charge in [-0.25, -0.2) is 9.89 Å². The second-order valence-corrected chi connectivity index (χ2v) is 5.05. The molecule has 8 heteroatoms. The maximum absolute atomic E-state index is 12.5. The molecule has 3 rings (SSSR count). The molecule has 112 valence electrons. The van der Waals surface area contributed by atoms with E-state index >= 15 is 0 Å². The summed E-state index contributed by atoms with van der Waals surface area (Å²) in [4.78, 5) is 26.1. The molecule has 3 N–H and O–H groups in total. The lowest BCUT2D eigenvalue weighted by Gasteiger charge is -2.15. The molecule has 0 radical (unpaired) electrons. The number of hydrogen-bond donors (Lipinski definition) is 3. The summed E-state index contributed by atoms with van der Waals surface area (Å²) in [5.41, 5.74) is -0.232. The van der Waals surface area contributed by atoms with Gasteiger partial charge in [0.25, 0.3) is 5.56 Å². The molecular formula is C13H17N5O3. The Hall–Kier alpha value is -2.19. The Balaban J connectivity index is 1.86. The van der Waals surface area contributed by atoms with Crippen LogP contribution in [0.4, 0.5) is 0 Å². The van der Waals surface area contributed by atoms with E-state index in [1.165, 1.54) is 0 Å². The third-order valence-corrected chi connectivity index (χ3v) is 3.44. The SMILES string of the molecule is O=c1[nH]nc(-c2cccn(CC3CNCCOC3)c2=O)[nH]1. The number of ether oxygens (including phenoxy) is 1. The normalized spacial score (nSPS) is 19.3. The predicted molar refractivity (Wildman–Crippen MR) is 76.1 cm³/mol. The van der Waals surface area contributed by atoms with Gasteiger partial charge in [0.2, 0.25) is 0 Å². The van der Waals surface area contributed by atoms with Gasteiger partial charge in [-0.05, 0) is 12.1 Å². The monoisotopic (exact) mass is 291 g/mol. The van der Waals surface area contributed by atoms with E-state index in [9.17, 15) is 9.59 Å². The van der Waals surface area contributed by atoms with Crippen molar-refractivity contribution < 1.29 is 4.74 Å². The summed E-state index contributed by atoms with van der Waals surface area (Å²) in [6, 6.07) is 3.42. The number of nitrogens with one attached hydrogen (secondary N) is 3. The molecule has 3 heterocycles. The predicted octanol–water partition coefficient (Wildman–Crippen LogP) is -0.837. The molecule has 1 aliphatic rings. The summed E-state index contributed by atoms with van der Waals surface area (Å²) in [5, 5.41) is 9.35. The smallest absolute Gasteiger partial charge is 0.340 e. The number of H-pyrrole nitrogens is 2. The van der Waals surface area contributed by atoms with Crippen LogP contribution in [0.25, 0.3) is 11.4 Å². The molecule has 1 fully saturated rings. The number of aromatic nitrogens is 4. The summed E-state index contributed by atoms with van der Waals surface area (Å²) >= 11 is 0. The molecular weight excluding hydrogens is 274 g/mol. The maximum Gasteiger partial charge on any atom is 0.340 e. The highest BCUT2D eigenvalue weighted by molar-refractivity contribution is 5.51. The van der Waals surface area contributed by atoms with Crippen molar-refractivity contribution in [2.45, 2.75) is 6.54 Å². The molecule has 8 nitrogen and oxygen atoms in total. The molecule has 0 saturated carbocycles. The van der Waals surface area contributed by atoms with E-state index in [1.807, 2.05) is 0 Å². The van der Waals surface area contributed by atoms with Crippen LogP contribution in [-0.2, 0) is 11.3 Å². The molecule has 2 aromatic heterocycles. The highest BCUT2D eigenvalue weighted by Gasteiger charge is 2.15. The fourth-order valence-electron chi connectivity index (χ4n) is 2.41. The van der Waals surface area contributed by atoms with Crippen molar-refractivity contribution in [3.8, 4) is 11.4 Å². The minimum absolute atomic E-state index is 0.176. The third-order valence-electron chi connectivity index (χ3n) is 3.44.